The summed E-state index contributed by atoms with van der Waals surface area (Å²) in [6, 6.07) is 16.3. The maximum absolute atomic E-state index is 12.4. The van der Waals surface area contributed by atoms with Gasteiger partial charge in [0.25, 0.3) is 5.91 Å². The summed E-state index contributed by atoms with van der Waals surface area (Å²) in [6.07, 6.45) is -0.0217. The predicted molar refractivity (Wildman–Crippen MR) is 122 cm³/mol. The molecule has 0 bridgehead atoms. The molecule has 0 aromatic heterocycles. The van der Waals surface area contributed by atoms with Gasteiger partial charge in [-0.2, -0.15) is 5.10 Å². The number of amides is 2. The van der Waals surface area contributed by atoms with Gasteiger partial charge in [0.1, 0.15) is 11.5 Å². The van der Waals surface area contributed by atoms with Crippen LogP contribution >= 0.6 is 11.6 Å². The van der Waals surface area contributed by atoms with Gasteiger partial charge in [-0.25, -0.2) is 5.43 Å². The van der Waals surface area contributed by atoms with Crippen molar-refractivity contribution in [1.29, 1.82) is 0 Å². The van der Waals surface area contributed by atoms with Crippen molar-refractivity contribution in [1.82, 2.24) is 5.43 Å². The number of ether oxygens (including phenoxy) is 2. The van der Waals surface area contributed by atoms with Gasteiger partial charge in [-0.1, -0.05) is 41.9 Å². The van der Waals surface area contributed by atoms with Crippen molar-refractivity contribution < 1.29 is 19.1 Å². The zero-order valence-electron chi connectivity index (χ0n) is 17.4. The number of anilines is 1. The molecule has 0 radical (unpaired) electrons. The molecule has 0 heterocycles. The first-order valence-corrected chi connectivity index (χ1v) is 9.82. The minimum absolute atomic E-state index is 0.0217. The van der Waals surface area contributed by atoms with Crippen molar-refractivity contribution in [3.63, 3.8) is 0 Å². The Kier molecular flexibility index (Phi) is 7.10. The van der Waals surface area contributed by atoms with E-state index in [1.54, 1.807) is 31.2 Å². The highest BCUT2D eigenvalue weighted by Crippen LogP contribution is 2.35. The second-order valence-electron chi connectivity index (χ2n) is 6.76. The summed E-state index contributed by atoms with van der Waals surface area (Å²) in [4.78, 5) is 24.8. The summed E-state index contributed by atoms with van der Waals surface area (Å²) in [5, 5.41) is 9.14. The van der Waals surface area contributed by atoms with Gasteiger partial charge in [-0.05, 0) is 29.8 Å². The molecule has 0 aliphatic rings. The molecule has 0 spiro atoms. The number of hydrogen-bond acceptors (Lipinski definition) is 5. The number of halogens is 1. The number of hydrogen-bond donors (Lipinski definition) is 2. The fraction of sp³-hybridized carbons (Fsp3) is 0.174. The third-order valence-corrected chi connectivity index (χ3v) is 4.82. The van der Waals surface area contributed by atoms with E-state index >= 15 is 0 Å². The predicted octanol–water partition coefficient (Wildman–Crippen LogP) is 4.64. The average Bonchev–Trinajstić information content (AvgIpc) is 2.77. The molecular weight excluding hydrogens is 418 g/mol. The summed E-state index contributed by atoms with van der Waals surface area (Å²) in [7, 11) is 2.96. The zero-order valence-corrected chi connectivity index (χ0v) is 18.1. The smallest absolute Gasteiger partial charge is 0.271 e. The summed E-state index contributed by atoms with van der Waals surface area (Å²) < 4.78 is 10.4. The standard InChI is InChI=1S/C23H22ClN3O4/c1-14(10-22(28)25-19-13-20(30-2)18(24)12-21(19)31-3)26-27-23(29)17-9-8-15-6-4-5-7-16(15)11-17/h4-9,11-13H,10H2,1-3H3,(H,25,28)(H,27,29)/b26-14-. The van der Waals surface area contributed by atoms with E-state index in [2.05, 4.69) is 15.8 Å². The molecule has 7 nitrogen and oxygen atoms in total. The number of nitrogens with zero attached hydrogens (tertiary/aromatic N) is 1. The second-order valence-corrected chi connectivity index (χ2v) is 7.17. The molecule has 0 aliphatic carbocycles. The molecule has 3 aromatic carbocycles. The first kappa shape index (κ1) is 22.1. The molecule has 0 fully saturated rings. The number of hydrazone groups is 1. The molecule has 0 saturated heterocycles. The topological polar surface area (TPSA) is 89.0 Å². The highest BCUT2D eigenvalue weighted by molar-refractivity contribution is 6.32. The average molecular weight is 440 g/mol. The minimum atomic E-state index is -0.352. The van der Waals surface area contributed by atoms with E-state index in [1.165, 1.54) is 14.2 Å². The van der Waals surface area contributed by atoms with Crippen LogP contribution < -0.4 is 20.2 Å². The Balaban J connectivity index is 1.63. The third-order valence-electron chi connectivity index (χ3n) is 4.52. The Bertz CT molecular complexity index is 1160. The molecular formula is C23H22ClN3O4. The molecule has 0 unspecified atom stereocenters. The van der Waals surface area contributed by atoms with Crippen LogP contribution in [0.2, 0.25) is 5.02 Å². The van der Waals surface area contributed by atoms with Gasteiger partial charge in [0.2, 0.25) is 5.91 Å². The number of benzene rings is 3. The molecule has 31 heavy (non-hydrogen) atoms. The van der Waals surface area contributed by atoms with Crippen molar-refractivity contribution in [2.75, 3.05) is 19.5 Å². The Morgan fingerprint density at radius 2 is 1.68 bits per heavy atom. The molecule has 0 saturated carbocycles. The Morgan fingerprint density at radius 3 is 2.39 bits per heavy atom. The van der Waals surface area contributed by atoms with E-state index < -0.39 is 0 Å². The Hall–Kier alpha value is -3.58. The molecule has 0 aliphatic heterocycles. The molecule has 8 heteroatoms. The monoisotopic (exact) mass is 439 g/mol. The van der Waals surface area contributed by atoms with Crippen molar-refractivity contribution in [3.8, 4) is 11.5 Å². The van der Waals surface area contributed by atoms with Crippen molar-refractivity contribution in [3.05, 3.63) is 65.2 Å². The van der Waals surface area contributed by atoms with Crippen LogP contribution in [-0.4, -0.2) is 31.7 Å². The van der Waals surface area contributed by atoms with Gasteiger partial charge in [-0.3, -0.25) is 9.59 Å². The summed E-state index contributed by atoms with van der Waals surface area (Å²) in [5.41, 5.74) is 3.83. The van der Waals surface area contributed by atoms with Crippen molar-refractivity contribution >= 4 is 45.6 Å². The summed E-state index contributed by atoms with van der Waals surface area (Å²) in [5.74, 6) is 0.127. The summed E-state index contributed by atoms with van der Waals surface area (Å²) >= 11 is 6.08. The molecule has 3 aromatic rings. The number of methoxy groups -OCH3 is 2. The van der Waals surface area contributed by atoms with E-state index in [0.717, 1.165) is 10.8 Å². The van der Waals surface area contributed by atoms with Crippen LogP contribution in [-0.2, 0) is 4.79 Å². The maximum Gasteiger partial charge on any atom is 0.271 e. The maximum atomic E-state index is 12.4. The first-order chi connectivity index (χ1) is 14.9. The number of carbonyl (C=O) groups excluding carboxylic acids is 2. The quantitative estimate of drug-likeness (QED) is 0.414. The SMILES string of the molecule is COc1cc(NC(=O)C/C(C)=N\NC(=O)c2ccc3ccccc3c2)c(OC)cc1Cl. The normalized spacial score (nSPS) is 11.2. The molecule has 2 N–H and O–H groups in total. The minimum Gasteiger partial charge on any atom is -0.495 e. The van der Waals surface area contributed by atoms with Gasteiger partial charge >= 0.3 is 0 Å². The van der Waals surface area contributed by atoms with E-state index in [9.17, 15) is 9.59 Å². The Morgan fingerprint density at radius 1 is 0.968 bits per heavy atom. The number of rotatable bonds is 7. The van der Waals surface area contributed by atoms with E-state index in [-0.39, 0.29) is 18.2 Å². The molecule has 3 rings (SSSR count). The van der Waals surface area contributed by atoms with Gasteiger partial charge < -0.3 is 14.8 Å². The Labute approximate surface area is 185 Å². The fourth-order valence-corrected chi connectivity index (χ4v) is 3.20. The van der Waals surface area contributed by atoms with Crippen LogP contribution in [0.1, 0.15) is 23.7 Å². The van der Waals surface area contributed by atoms with Gasteiger partial charge in [0.15, 0.2) is 0 Å². The van der Waals surface area contributed by atoms with Gasteiger partial charge in [0.05, 0.1) is 31.4 Å². The van der Waals surface area contributed by atoms with Crippen molar-refractivity contribution in [2.24, 2.45) is 5.10 Å². The molecule has 2 amide bonds. The second kappa shape index (κ2) is 9.95. The van der Waals surface area contributed by atoms with Crippen LogP contribution in [0.15, 0.2) is 59.7 Å². The summed E-state index contributed by atoms with van der Waals surface area (Å²) in [6.45, 7) is 1.65. The highest BCUT2D eigenvalue weighted by atomic mass is 35.5. The van der Waals surface area contributed by atoms with Crippen LogP contribution in [0.4, 0.5) is 5.69 Å². The number of fused-ring (bicyclic) bond motifs is 1. The molecule has 160 valence electrons. The lowest BCUT2D eigenvalue weighted by molar-refractivity contribution is -0.115. The number of carbonyl (C=O) groups is 2. The lowest BCUT2D eigenvalue weighted by atomic mass is 10.1. The fourth-order valence-electron chi connectivity index (χ4n) is 2.97. The van der Waals surface area contributed by atoms with Crippen LogP contribution in [0.5, 0.6) is 11.5 Å². The lowest BCUT2D eigenvalue weighted by Crippen LogP contribution is -2.21. The molecule has 0 atom stereocenters. The van der Waals surface area contributed by atoms with Crippen LogP contribution in [0.3, 0.4) is 0 Å². The largest absolute Gasteiger partial charge is 0.495 e. The van der Waals surface area contributed by atoms with E-state index in [4.69, 9.17) is 21.1 Å². The van der Waals surface area contributed by atoms with E-state index in [1.807, 2.05) is 30.3 Å². The van der Waals surface area contributed by atoms with Gasteiger partial charge in [-0.15, -0.1) is 0 Å². The third kappa shape index (κ3) is 5.52. The van der Waals surface area contributed by atoms with Crippen molar-refractivity contribution in [2.45, 2.75) is 13.3 Å². The van der Waals surface area contributed by atoms with Crippen LogP contribution in [0, 0.1) is 0 Å². The van der Waals surface area contributed by atoms with Crippen LogP contribution in [0.25, 0.3) is 10.8 Å². The zero-order chi connectivity index (χ0) is 22.4. The number of nitrogens with one attached hydrogen (secondary N) is 2. The lowest BCUT2D eigenvalue weighted by Gasteiger charge is -2.13. The van der Waals surface area contributed by atoms with Gasteiger partial charge in [0, 0.05) is 23.4 Å². The first-order valence-electron chi connectivity index (χ1n) is 9.45. The highest BCUT2D eigenvalue weighted by Gasteiger charge is 2.13. The van der Waals surface area contributed by atoms with E-state index in [0.29, 0.717) is 33.5 Å².